The van der Waals surface area contributed by atoms with Crippen LogP contribution in [-0.2, 0) is 51.2 Å². The molecule has 4 rings (SSSR count). The maximum absolute atomic E-state index is 14.1. The van der Waals surface area contributed by atoms with Gasteiger partial charge in [-0.3, -0.25) is 43.5 Å². The van der Waals surface area contributed by atoms with Gasteiger partial charge in [-0.2, -0.15) is 0 Å². The third-order valence-corrected chi connectivity index (χ3v) is 11.6. The van der Waals surface area contributed by atoms with Crippen molar-refractivity contribution >= 4 is 59.2 Å². The lowest BCUT2D eigenvalue weighted by molar-refractivity contribution is -0.144. The number of carboxylic acids is 1. The van der Waals surface area contributed by atoms with Gasteiger partial charge in [0.15, 0.2) is 11.9 Å². The normalized spacial score (nSPS) is 17.5. The zero-order chi connectivity index (χ0) is 50.5. The molecule has 2 aliphatic rings. The number of nitrogens with one attached hydrogen (secondary N) is 5. The van der Waals surface area contributed by atoms with E-state index < -0.39 is 103 Å². The van der Waals surface area contributed by atoms with Crippen molar-refractivity contribution < 1.29 is 48.6 Å². The number of hydrogen-bond acceptors (Lipinski definition) is 12. The second-order valence-electron chi connectivity index (χ2n) is 16.8. The number of hydrogen-bond donors (Lipinski definition) is 12. The molecule has 0 aliphatic carbocycles. The van der Waals surface area contributed by atoms with Crippen LogP contribution in [0.15, 0.2) is 70.6 Å². The van der Waals surface area contributed by atoms with Gasteiger partial charge in [-0.05, 0) is 62.5 Å². The van der Waals surface area contributed by atoms with Crippen LogP contribution in [0.4, 0.5) is 0 Å². The summed E-state index contributed by atoms with van der Waals surface area (Å²) in [6.07, 6.45) is 2.28. The molecule has 2 aliphatic heterocycles. The van der Waals surface area contributed by atoms with Gasteiger partial charge in [-0.15, -0.1) is 0 Å². The van der Waals surface area contributed by atoms with Gasteiger partial charge >= 0.3 is 5.97 Å². The number of rotatable bonds is 26. The number of aliphatic imine (C=N–C) groups is 2. The summed E-state index contributed by atoms with van der Waals surface area (Å²) in [7, 11) is 0. The highest BCUT2D eigenvalue weighted by Crippen LogP contribution is 2.21. The molecule has 7 atom stereocenters. The van der Waals surface area contributed by atoms with Crippen molar-refractivity contribution in [3.63, 3.8) is 0 Å². The van der Waals surface area contributed by atoms with E-state index >= 15 is 0 Å². The molecule has 0 saturated carbocycles. The molecule has 0 unspecified atom stereocenters. The van der Waals surface area contributed by atoms with Gasteiger partial charge < -0.3 is 75.3 Å². The first-order valence-electron chi connectivity index (χ1n) is 22.9. The number of likely N-dealkylation sites (tertiary alicyclic amines) is 2. The minimum absolute atomic E-state index is 0.0143. The smallest absolute Gasteiger partial charge is 0.326 e. The third-order valence-electron chi connectivity index (χ3n) is 11.6. The number of amides is 7. The van der Waals surface area contributed by atoms with Crippen molar-refractivity contribution in [3.8, 4) is 0 Å². The van der Waals surface area contributed by atoms with E-state index in [1.165, 1.54) is 9.80 Å². The molecular formula is C45H66N14O10. The van der Waals surface area contributed by atoms with Crippen LogP contribution in [0.2, 0.25) is 0 Å². The number of carboxylic acid groups (broad SMARTS) is 1. The standard InChI is InChI=1S/C45H66N14O10/c46-29(15-7-19-51-44(47)48)41(66)58-21-9-17-34(58)39(64)53-25-36(61)54-31(23-27-11-3-1-4-12-27)37(62)57-33(26-60)42(67)59-22-10-18-35(59)40(65)56-32(24-28-13-5-2-6-14-28)38(63)55-30(43(68)69)16-8-20-52-45(49)50/h1-6,11-14,29-35,60H,7-10,15-26,46H2,(H,53,64)(H,54,61)(H,55,63)(H,56,65)(H,57,62)(H,68,69)(H4,47,48,51)(H4,49,50,52)/t29-,30-,31-,32-,33-,34-,35-/m0/s1. The maximum Gasteiger partial charge on any atom is 0.326 e. The van der Waals surface area contributed by atoms with Gasteiger partial charge in [0.05, 0.1) is 19.2 Å². The van der Waals surface area contributed by atoms with Gasteiger partial charge in [0, 0.05) is 39.0 Å². The Hall–Kier alpha value is -7.34. The summed E-state index contributed by atoms with van der Waals surface area (Å²) in [6.45, 7) is -0.674. The minimum atomic E-state index is -1.57. The second-order valence-corrected chi connectivity index (χ2v) is 16.8. The summed E-state index contributed by atoms with van der Waals surface area (Å²) in [4.78, 5) is 118. The van der Waals surface area contributed by atoms with E-state index in [1.54, 1.807) is 60.7 Å². The fourth-order valence-corrected chi connectivity index (χ4v) is 8.07. The quantitative estimate of drug-likeness (QED) is 0.0243. The Morgan fingerprint density at radius 3 is 1.61 bits per heavy atom. The molecule has 24 nitrogen and oxygen atoms in total. The van der Waals surface area contributed by atoms with Crippen LogP contribution in [0.25, 0.3) is 0 Å². The number of aliphatic carboxylic acids is 1. The van der Waals surface area contributed by atoms with Gasteiger partial charge in [-0.25, -0.2) is 4.79 Å². The lowest BCUT2D eigenvalue weighted by Gasteiger charge is -2.30. The van der Waals surface area contributed by atoms with Crippen LogP contribution >= 0.6 is 0 Å². The van der Waals surface area contributed by atoms with Crippen LogP contribution < -0.4 is 55.3 Å². The molecule has 376 valence electrons. The fraction of sp³-hybridized carbons (Fsp3) is 0.511. The molecule has 24 heteroatoms. The Balaban J connectivity index is 1.41. The van der Waals surface area contributed by atoms with Crippen molar-refractivity contribution in [1.82, 2.24) is 36.4 Å². The number of carbonyl (C=O) groups excluding carboxylic acids is 7. The van der Waals surface area contributed by atoms with E-state index in [4.69, 9.17) is 28.7 Å². The number of benzene rings is 2. The van der Waals surface area contributed by atoms with Crippen molar-refractivity contribution in [2.75, 3.05) is 39.3 Å². The van der Waals surface area contributed by atoms with E-state index in [0.29, 0.717) is 43.4 Å². The molecule has 0 bridgehead atoms. The topological polar surface area (TPSA) is 398 Å². The molecule has 17 N–H and O–H groups in total. The molecule has 69 heavy (non-hydrogen) atoms. The Bertz CT molecular complexity index is 2140. The number of nitrogens with two attached hydrogens (primary N) is 5. The lowest BCUT2D eigenvalue weighted by atomic mass is 10.0. The molecule has 7 amide bonds. The molecular weight excluding hydrogens is 897 g/mol. The predicted molar refractivity (Wildman–Crippen MR) is 253 cm³/mol. The summed E-state index contributed by atoms with van der Waals surface area (Å²) in [6, 6.07) is 8.96. The number of aliphatic hydroxyl groups excluding tert-OH is 1. The molecule has 0 radical (unpaired) electrons. The first-order chi connectivity index (χ1) is 33.0. The zero-order valence-electron chi connectivity index (χ0n) is 38.5. The molecule has 2 fully saturated rings. The molecule has 0 spiro atoms. The fourth-order valence-electron chi connectivity index (χ4n) is 8.07. The number of aliphatic hydroxyl groups is 1. The molecule has 2 aromatic rings. The summed E-state index contributed by atoms with van der Waals surface area (Å²) in [5, 5.41) is 33.1. The van der Waals surface area contributed by atoms with Crippen LogP contribution in [-0.4, -0.2) is 161 Å². The molecule has 2 heterocycles. The Morgan fingerprint density at radius 2 is 1.10 bits per heavy atom. The summed E-state index contributed by atoms with van der Waals surface area (Å²) in [5.41, 5.74) is 28.8. The highest BCUT2D eigenvalue weighted by atomic mass is 16.4. The van der Waals surface area contributed by atoms with Crippen molar-refractivity contribution in [3.05, 3.63) is 71.8 Å². The number of nitrogens with zero attached hydrogens (tertiary/aromatic N) is 4. The predicted octanol–water partition coefficient (Wildman–Crippen LogP) is -3.98. The monoisotopic (exact) mass is 963 g/mol. The number of guanidine groups is 2. The van der Waals surface area contributed by atoms with Crippen LogP contribution in [0, 0.1) is 0 Å². The number of carbonyl (C=O) groups is 8. The first kappa shape index (κ1) is 54.3. The van der Waals surface area contributed by atoms with Gasteiger partial charge in [0.1, 0.15) is 36.3 Å². The second kappa shape index (κ2) is 27.5. The van der Waals surface area contributed by atoms with E-state index in [1.807, 2.05) is 0 Å². The van der Waals surface area contributed by atoms with E-state index in [2.05, 4.69) is 36.6 Å². The van der Waals surface area contributed by atoms with E-state index in [9.17, 15) is 48.6 Å². The van der Waals surface area contributed by atoms with Gasteiger partial charge in [0.25, 0.3) is 0 Å². The summed E-state index contributed by atoms with van der Waals surface area (Å²) in [5.74, 6) is -6.49. The highest BCUT2D eigenvalue weighted by molar-refractivity contribution is 5.97. The molecule has 0 aromatic heterocycles. The Labute approximate surface area is 399 Å². The van der Waals surface area contributed by atoms with Gasteiger partial charge in [0.2, 0.25) is 41.4 Å². The van der Waals surface area contributed by atoms with Crippen LogP contribution in [0.3, 0.4) is 0 Å². The first-order valence-corrected chi connectivity index (χ1v) is 22.9. The Kier molecular flexibility index (Phi) is 21.6. The molecule has 2 saturated heterocycles. The van der Waals surface area contributed by atoms with Crippen molar-refractivity contribution in [2.24, 2.45) is 38.7 Å². The Morgan fingerprint density at radius 1 is 0.623 bits per heavy atom. The van der Waals surface area contributed by atoms with Crippen molar-refractivity contribution in [1.29, 1.82) is 0 Å². The lowest BCUT2D eigenvalue weighted by Crippen LogP contribution is -2.60. The third kappa shape index (κ3) is 17.4. The summed E-state index contributed by atoms with van der Waals surface area (Å²) < 4.78 is 0. The van der Waals surface area contributed by atoms with Gasteiger partial charge in [-0.1, -0.05) is 60.7 Å². The highest BCUT2D eigenvalue weighted by Gasteiger charge is 2.40. The zero-order valence-corrected chi connectivity index (χ0v) is 38.5. The largest absolute Gasteiger partial charge is 0.480 e. The average molecular weight is 963 g/mol. The SMILES string of the molecule is NC(N)=NCCC[C@H](NC(=O)[C@H](Cc1ccccc1)NC(=O)[C@@H]1CCCN1C(=O)[C@H](CO)NC(=O)[C@H](Cc1ccccc1)NC(=O)CNC(=O)[C@@H]1CCCN1C(=O)[C@@H](N)CCCN=C(N)N)C(=O)O. The molecule has 2 aromatic carbocycles. The van der Waals surface area contributed by atoms with Crippen LogP contribution in [0.5, 0.6) is 0 Å². The summed E-state index contributed by atoms with van der Waals surface area (Å²) >= 11 is 0. The maximum atomic E-state index is 14.1. The van der Waals surface area contributed by atoms with Crippen LogP contribution in [0.1, 0.15) is 62.5 Å². The van der Waals surface area contributed by atoms with Crippen molar-refractivity contribution in [2.45, 2.75) is 107 Å². The van der Waals surface area contributed by atoms with E-state index in [0.717, 1.165) is 0 Å². The minimum Gasteiger partial charge on any atom is -0.480 e. The van der Waals surface area contributed by atoms with E-state index in [-0.39, 0.29) is 70.1 Å². The average Bonchev–Trinajstić information content (AvgIpc) is 4.03.